The summed E-state index contributed by atoms with van der Waals surface area (Å²) < 4.78 is 22.0. The van der Waals surface area contributed by atoms with E-state index in [0.717, 1.165) is 16.7 Å². The molecule has 0 saturated carbocycles. The summed E-state index contributed by atoms with van der Waals surface area (Å²) in [5, 5.41) is 13.3. The maximum atomic E-state index is 12.4. The van der Waals surface area contributed by atoms with Gasteiger partial charge < -0.3 is 0 Å². The first-order valence-electron chi connectivity index (χ1n) is 6.17. The summed E-state index contributed by atoms with van der Waals surface area (Å²) in [5.74, 6) is -0.207. The molecule has 0 fully saturated rings. The smallest absolute Gasteiger partial charge is 0.267 e. The van der Waals surface area contributed by atoms with Crippen molar-refractivity contribution < 1.29 is 13.2 Å². The molecule has 0 spiro atoms. The molecular weight excluding hydrogens is 324 g/mol. The van der Waals surface area contributed by atoms with Crippen LogP contribution in [-0.2, 0) is 16.4 Å². The van der Waals surface area contributed by atoms with E-state index in [1.165, 1.54) is 0 Å². The quantitative estimate of drug-likeness (QED) is 0.716. The molecule has 0 aliphatic rings. The van der Waals surface area contributed by atoms with Crippen LogP contribution in [0.15, 0.2) is 40.9 Å². The van der Waals surface area contributed by atoms with E-state index in [9.17, 15) is 13.2 Å². The Hall–Kier alpha value is -2.23. The summed E-state index contributed by atoms with van der Waals surface area (Å²) >= 11 is 0.792. The number of para-hydroxylation sites is 1. The number of Topliss-reactive ketones (excluding diaryl/α,β-unsaturated/α-hetero) is 1. The number of hydrogen-bond donors (Lipinski definition) is 1. The molecule has 0 saturated heterocycles. The SMILES string of the molecule is NS(=O)(=O)c1nnc(CC(=O)c2cccc3cccnc23)s1. The summed E-state index contributed by atoms with van der Waals surface area (Å²) in [6.45, 7) is 0. The van der Waals surface area contributed by atoms with Gasteiger partial charge in [-0.3, -0.25) is 9.78 Å². The van der Waals surface area contributed by atoms with Gasteiger partial charge in [0.05, 0.1) is 11.9 Å². The van der Waals surface area contributed by atoms with Crippen LogP contribution in [0.3, 0.4) is 0 Å². The minimum Gasteiger partial charge on any atom is -0.294 e. The normalized spacial score (nSPS) is 11.7. The first kappa shape index (κ1) is 14.7. The molecule has 0 radical (unpaired) electrons. The maximum absolute atomic E-state index is 12.4. The first-order chi connectivity index (χ1) is 10.4. The Kier molecular flexibility index (Phi) is 3.69. The number of nitrogens with zero attached hydrogens (tertiary/aromatic N) is 3. The lowest BCUT2D eigenvalue weighted by molar-refractivity contribution is 0.0994. The van der Waals surface area contributed by atoms with Crippen LogP contribution in [0.2, 0.25) is 0 Å². The number of benzene rings is 1. The fourth-order valence-electron chi connectivity index (χ4n) is 1.99. The van der Waals surface area contributed by atoms with Crippen LogP contribution in [0.5, 0.6) is 0 Å². The number of ketones is 1. The van der Waals surface area contributed by atoms with Crippen LogP contribution >= 0.6 is 11.3 Å². The van der Waals surface area contributed by atoms with E-state index in [1.807, 2.05) is 12.1 Å². The Bertz CT molecular complexity index is 961. The molecule has 0 unspecified atom stereocenters. The van der Waals surface area contributed by atoms with E-state index in [-0.39, 0.29) is 16.5 Å². The molecule has 9 heteroatoms. The lowest BCUT2D eigenvalue weighted by Gasteiger charge is -2.03. The molecule has 3 aromatic rings. The average molecular weight is 334 g/mol. The fourth-order valence-corrected chi connectivity index (χ4v) is 3.46. The highest BCUT2D eigenvalue weighted by Crippen LogP contribution is 2.20. The van der Waals surface area contributed by atoms with Crippen molar-refractivity contribution >= 4 is 38.0 Å². The minimum atomic E-state index is -3.90. The zero-order valence-electron chi connectivity index (χ0n) is 11.1. The van der Waals surface area contributed by atoms with E-state index < -0.39 is 10.0 Å². The third-order valence-corrected chi connectivity index (χ3v) is 5.17. The van der Waals surface area contributed by atoms with Gasteiger partial charge in [0.1, 0.15) is 5.01 Å². The number of rotatable bonds is 4. The van der Waals surface area contributed by atoms with Crippen molar-refractivity contribution in [2.45, 2.75) is 10.8 Å². The maximum Gasteiger partial charge on any atom is 0.267 e. The van der Waals surface area contributed by atoms with E-state index in [1.54, 1.807) is 24.4 Å². The number of carbonyl (C=O) groups excluding carboxylic acids is 1. The van der Waals surface area contributed by atoms with Crippen molar-refractivity contribution in [2.75, 3.05) is 0 Å². The highest BCUT2D eigenvalue weighted by atomic mass is 32.2. The third-order valence-electron chi connectivity index (χ3n) is 2.94. The number of fused-ring (bicyclic) bond motifs is 1. The topological polar surface area (TPSA) is 116 Å². The number of nitrogens with two attached hydrogens (primary N) is 1. The number of primary sulfonamides is 1. The summed E-state index contributed by atoms with van der Waals surface area (Å²) in [6.07, 6.45) is 1.56. The van der Waals surface area contributed by atoms with Crippen molar-refractivity contribution in [2.24, 2.45) is 5.14 Å². The van der Waals surface area contributed by atoms with E-state index >= 15 is 0 Å². The average Bonchev–Trinajstić information content (AvgIpc) is 2.95. The molecule has 2 heterocycles. The lowest BCUT2D eigenvalue weighted by atomic mass is 10.0. The molecule has 0 atom stereocenters. The number of sulfonamides is 1. The van der Waals surface area contributed by atoms with Crippen molar-refractivity contribution in [3.05, 3.63) is 47.1 Å². The number of pyridine rings is 1. The highest BCUT2D eigenvalue weighted by molar-refractivity contribution is 7.91. The van der Waals surface area contributed by atoms with Crippen molar-refractivity contribution in [3.8, 4) is 0 Å². The van der Waals surface area contributed by atoms with Gasteiger partial charge in [0.2, 0.25) is 4.34 Å². The second-order valence-electron chi connectivity index (χ2n) is 4.49. The zero-order chi connectivity index (χ0) is 15.7. The standard InChI is InChI=1S/C13H10N4O3S2/c14-22(19,20)13-17-16-11(21-13)7-10(18)9-5-1-3-8-4-2-6-15-12(8)9/h1-6H,7H2,(H2,14,19,20). The number of aromatic nitrogens is 3. The molecule has 2 aromatic heterocycles. The van der Waals surface area contributed by atoms with Gasteiger partial charge in [-0.2, -0.15) is 0 Å². The van der Waals surface area contributed by atoms with Crippen molar-refractivity contribution in [1.82, 2.24) is 15.2 Å². The first-order valence-corrected chi connectivity index (χ1v) is 8.53. The monoisotopic (exact) mass is 334 g/mol. The molecule has 0 aliphatic carbocycles. The van der Waals surface area contributed by atoms with Gasteiger partial charge in [-0.1, -0.05) is 29.5 Å². The largest absolute Gasteiger partial charge is 0.294 e. The van der Waals surface area contributed by atoms with Gasteiger partial charge >= 0.3 is 0 Å². The minimum absolute atomic E-state index is 0.0527. The Morgan fingerprint density at radius 1 is 1.18 bits per heavy atom. The van der Waals surface area contributed by atoms with E-state index in [0.29, 0.717) is 16.1 Å². The molecule has 0 aliphatic heterocycles. The predicted molar refractivity (Wildman–Crippen MR) is 81.1 cm³/mol. The molecule has 22 heavy (non-hydrogen) atoms. The molecule has 3 rings (SSSR count). The van der Waals surface area contributed by atoms with Crippen LogP contribution in [0, 0.1) is 0 Å². The summed E-state index contributed by atoms with van der Waals surface area (Å²) in [6, 6.07) is 8.97. The van der Waals surface area contributed by atoms with Gasteiger partial charge in [-0.15, -0.1) is 10.2 Å². The highest BCUT2D eigenvalue weighted by Gasteiger charge is 2.18. The van der Waals surface area contributed by atoms with Crippen LogP contribution in [0.4, 0.5) is 0 Å². The molecule has 0 bridgehead atoms. The van der Waals surface area contributed by atoms with Crippen LogP contribution in [0.25, 0.3) is 10.9 Å². The molecule has 112 valence electrons. The zero-order valence-corrected chi connectivity index (χ0v) is 12.8. The Morgan fingerprint density at radius 3 is 2.68 bits per heavy atom. The van der Waals surface area contributed by atoms with Gasteiger partial charge in [0.25, 0.3) is 10.0 Å². The Labute approximate surface area is 129 Å². The van der Waals surface area contributed by atoms with Gasteiger partial charge in [-0.05, 0) is 12.1 Å². The lowest BCUT2D eigenvalue weighted by Crippen LogP contribution is -2.11. The molecular formula is C13H10N4O3S2. The van der Waals surface area contributed by atoms with E-state index in [4.69, 9.17) is 5.14 Å². The van der Waals surface area contributed by atoms with Gasteiger partial charge in [0.15, 0.2) is 5.78 Å². The second-order valence-corrected chi connectivity index (χ2v) is 7.28. The molecule has 2 N–H and O–H groups in total. The molecule has 1 aromatic carbocycles. The Balaban J connectivity index is 1.92. The van der Waals surface area contributed by atoms with Crippen molar-refractivity contribution in [1.29, 1.82) is 0 Å². The number of hydrogen-bond acceptors (Lipinski definition) is 7. The predicted octanol–water partition coefficient (Wildman–Crippen LogP) is 1.16. The Morgan fingerprint density at radius 2 is 1.95 bits per heavy atom. The van der Waals surface area contributed by atoms with Crippen LogP contribution < -0.4 is 5.14 Å². The van der Waals surface area contributed by atoms with Gasteiger partial charge in [0, 0.05) is 17.1 Å². The molecule has 0 amide bonds. The van der Waals surface area contributed by atoms with Crippen LogP contribution in [0.1, 0.15) is 15.4 Å². The van der Waals surface area contributed by atoms with Crippen molar-refractivity contribution in [3.63, 3.8) is 0 Å². The second kappa shape index (κ2) is 5.52. The summed E-state index contributed by atoms with van der Waals surface area (Å²) in [4.78, 5) is 16.6. The fraction of sp³-hybridized carbons (Fsp3) is 0.0769. The summed E-state index contributed by atoms with van der Waals surface area (Å²) in [5.41, 5.74) is 1.07. The molecule has 7 nitrogen and oxygen atoms in total. The number of carbonyl (C=O) groups is 1. The van der Waals surface area contributed by atoms with Gasteiger partial charge in [-0.25, -0.2) is 13.6 Å². The van der Waals surface area contributed by atoms with Crippen LogP contribution in [-0.4, -0.2) is 29.4 Å². The third kappa shape index (κ3) is 2.86. The summed E-state index contributed by atoms with van der Waals surface area (Å²) in [7, 11) is -3.90. The van der Waals surface area contributed by atoms with E-state index in [2.05, 4.69) is 15.2 Å².